The van der Waals surface area contributed by atoms with Crippen molar-refractivity contribution >= 4 is 28.1 Å². The Morgan fingerprint density at radius 2 is 1.52 bits per heavy atom. The van der Waals surface area contributed by atoms with Crippen LogP contribution in [0, 0.1) is 0 Å². The van der Waals surface area contributed by atoms with Gasteiger partial charge >= 0.3 is 0 Å². The number of anilines is 2. The summed E-state index contributed by atoms with van der Waals surface area (Å²) in [5.74, 6) is 0.129. The van der Waals surface area contributed by atoms with E-state index in [4.69, 9.17) is 0 Å². The summed E-state index contributed by atoms with van der Waals surface area (Å²) in [6, 6.07) is 33.0. The molecule has 5 rings (SSSR count). The zero-order valence-electron chi connectivity index (χ0n) is 16.1. The van der Waals surface area contributed by atoms with Gasteiger partial charge in [0.05, 0.1) is 30.4 Å². The second-order valence-electron chi connectivity index (χ2n) is 7.49. The average Bonchev–Trinajstić information content (AvgIpc) is 2.91. The summed E-state index contributed by atoms with van der Waals surface area (Å²) in [7, 11) is 0. The molecule has 4 aromatic rings. The maximum absolute atomic E-state index is 13.3. The zero-order chi connectivity index (χ0) is 19.6. The van der Waals surface area contributed by atoms with Gasteiger partial charge in [0.1, 0.15) is 0 Å². The molecule has 4 aromatic carbocycles. The predicted octanol–water partition coefficient (Wildman–Crippen LogP) is 5.93. The molecule has 0 radical (unpaired) electrons. The number of benzene rings is 4. The molecular weight excluding hydrogens is 356 g/mol. The molecular formula is C26H22N2O. The number of fused-ring (bicyclic) bond motifs is 2. The van der Waals surface area contributed by atoms with Crippen LogP contribution < -0.4 is 10.2 Å². The first kappa shape index (κ1) is 17.5. The fraction of sp³-hybridized carbons (Fsp3) is 0.115. The van der Waals surface area contributed by atoms with E-state index in [2.05, 4.69) is 59.9 Å². The molecule has 0 fully saturated rings. The van der Waals surface area contributed by atoms with E-state index >= 15 is 0 Å². The van der Waals surface area contributed by atoms with Gasteiger partial charge in [-0.05, 0) is 40.1 Å². The Hall–Kier alpha value is -3.59. The number of para-hydroxylation sites is 2. The average molecular weight is 378 g/mol. The van der Waals surface area contributed by atoms with Crippen LogP contribution >= 0.6 is 0 Å². The standard InChI is InChI=1S/C26H22N2O/c29-26-17-24(22-15-14-20-10-4-5-11-21(20)16-22)27-23-12-6-7-13-25(23)28(26)18-19-8-2-1-3-9-19/h1-16,24,27H,17-18H2. The van der Waals surface area contributed by atoms with Crippen LogP contribution in [-0.2, 0) is 11.3 Å². The molecule has 0 aliphatic carbocycles. The van der Waals surface area contributed by atoms with Crippen molar-refractivity contribution < 1.29 is 4.79 Å². The van der Waals surface area contributed by atoms with Crippen LogP contribution in [-0.4, -0.2) is 5.91 Å². The quantitative estimate of drug-likeness (QED) is 0.479. The molecule has 1 unspecified atom stereocenters. The molecule has 142 valence electrons. The Labute approximate surface area is 170 Å². The molecule has 3 heteroatoms. The Kier molecular flexibility index (Phi) is 4.49. The van der Waals surface area contributed by atoms with E-state index in [9.17, 15) is 4.79 Å². The van der Waals surface area contributed by atoms with Gasteiger partial charge in [-0.25, -0.2) is 0 Å². The summed E-state index contributed by atoms with van der Waals surface area (Å²) in [6.45, 7) is 0.572. The lowest BCUT2D eigenvalue weighted by molar-refractivity contribution is -0.118. The summed E-state index contributed by atoms with van der Waals surface area (Å²) in [6.07, 6.45) is 0.417. The monoisotopic (exact) mass is 378 g/mol. The van der Waals surface area contributed by atoms with Crippen LogP contribution in [0.25, 0.3) is 10.8 Å². The van der Waals surface area contributed by atoms with E-state index in [-0.39, 0.29) is 11.9 Å². The van der Waals surface area contributed by atoms with Crippen molar-refractivity contribution in [3.8, 4) is 0 Å². The Morgan fingerprint density at radius 3 is 2.38 bits per heavy atom. The summed E-state index contributed by atoms with van der Waals surface area (Å²) in [5, 5.41) is 6.03. The van der Waals surface area contributed by atoms with E-state index in [0.29, 0.717) is 13.0 Å². The van der Waals surface area contributed by atoms with Crippen LogP contribution in [0.15, 0.2) is 97.1 Å². The number of carbonyl (C=O) groups is 1. The molecule has 0 aromatic heterocycles. The highest BCUT2D eigenvalue weighted by Crippen LogP contribution is 2.36. The Bertz CT molecular complexity index is 1170. The van der Waals surface area contributed by atoms with Crippen LogP contribution in [0.4, 0.5) is 11.4 Å². The second kappa shape index (κ2) is 7.44. The largest absolute Gasteiger partial charge is 0.376 e. The highest BCUT2D eigenvalue weighted by molar-refractivity contribution is 5.99. The molecule has 1 aliphatic heterocycles. The van der Waals surface area contributed by atoms with E-state index < -0.39 is 0 Å². The van der Waals surface area contributed by atoms with E-state index in [0.717, 1.165) is 22.5 Å². The van der Waals surface area contributed by atoms with Crippen molar-refractivity contribution in [3.63, 3.8) is 0 Å². The Balaban J connectivity index is 1.52. The van der Waals surface area contributed by atoms with Gasteiger partial charge in [-0.1, -0.05) is 78.9 Å². The van der Waals surface area contributed by atoms with Gasteiger partial charge in [0.2, 0.25) is 5.91 Å². The Morgan fingerprint density at radius 1 is 0.793 bits per heavy atom. The highest BCUT2D eigenvalue weighted by atomic mass is 16.2. The van der Waals surface area contributed by atoms with Crippen molar-refractivity contribution in [1.82, 2.24) is 0 Å². The molecule has 1 amide bonds. The minimum atomic E-state index is -0.0611. The first-order valence-corrected chi connectivity index (χ1v) is 9.96. The topological polar surface area (TPSA) is 32.3 Å². The molecule has 1 atom stereocenters. The summed E-state index contributed by atoms with van der Waals surface area (Å²) >= 11 is 0. The predicted molar refractivity (Wildman–Crippen MR) is 119 cm³/mol. The third kappa shape index (κ3) is 3.47. The third-order valence-electron chi connectivity index (χ3n) is 5.56. The van der Waals surface area contributed by atoms with Crippen LogP contribution in [0.3, 0.4) is 0 Å². The smallest absolute Gasteiger partial charge is 0.229 e. The maximum atomic E-state index is 13.3. The molecule has 3 nitrogen and oxygen atoms in total. The van der Waals surface area contributed by atoms with Gasteiger partial charge in [0.15, 0.2) is 0 Å². The van der Waals surface area contributed by atoms with Crippen LogP contribution in [0.2, 0.25) is 0 Å². The first-order valence-electron chi connectivity index (χ1n) is 9.96. The zero-order valence-corrected chi connectivity index (χ0v) is 16.1. The molecule has 1 aliphatic rings. The SMILES string of the molecule is O=C1CC(c2ccc3ccccc3c2)Nc2ccccc2N1Cc1ccccc1. The maximum Gasteiger partial charge on any atom is 0.229 e. The van der Waals surface area contributed by atoms with E-state index in [1.807, 2.05) is 47.4 Å². The number of rotatable bonds is 3. The third-order valence-corrected chi connectivity index (χ3v) is 5.56. The van der Waals surface area contributed by atoms with Crippen LogP contribution in [0.1, 0.15) is 23.6 Å². The van der Waals surface area contributed by atoms with Crippen LogP contribution in [0.5, 0.6) is 0 Å². The lowest BCUT2D eigenvalue weighted by atomic mass is 9.99. The van der Waals surface area contributed by atoms with Gasteiger partial charge in [0.25, 0.3) is 0 Å². The fourth-order valence-electron chi connectivity index (χ4n) is 4.05. The van der Waals surface area contributed by atoms with Crippen molar-refractivity contribution in [2.75, 3.05) is 10.2 Å². The molecule has 0 bridgehead atoms. The van der Waals surface area contributed by atoms with E-state index in [1.54, 1.807) is 0 Å². The number of hydrogen-bond donors (Lipinski definition) is 1. The molecule has 1 heterocycles. The van der Waals surface area contributed by atoms with Gasteiger partial charge in [0, 0.05) is 0 Å². The van der Waals surface area contributed by atoms with Gasteiger partial charge < -0.3 is 10.2 Å². The minimum Gasteiger partial charge on any atom is -0.376 e. The summed E-state index contributed by atoms with van der Waals surface area (Å²) in [5.41, 5.74) is 4.19. The number of amides is 1. The fourth-order valence-corrected chi connectivity index (χ4v) is 4.05. The van der Waals surface area contributed by atoms with Gasteiger partial charge in [-0.15, -0.1) is 0 Å². The molecule has 29 heavy (non-hydrogen) atoms. The normalized spacial score (nSPS) is 16.2. The van der Waals surface area contributed by atoms with E-state index in [1.165, 1.54) is 10.8 Å². The number of nitrogens with zero attached hydrogens (tertiary/aromatic N) is 1. The van der Waals surface area contributed by atoms with Crippen molar-refractivity contribution in [2.45, 2.75) is 19.0 Å². The highest BCUT2D eigenvalue weighted by Gasteiger charge is 2.28. The second-order valence-corrected chi connectivity index (χ2v) is 7.49. The molecule has 0 saturated carbocycles. The van der Waals surface area contributed by atoms with Gasteiger partial charge in [-0.2, -0.15) is 0 Å². The minimum absolute atomic E-state index is 0.0611. The summed E-state index contributed by atoms with van der Waals surface area (Å²) in [4.78, 5) is 15.2. The molecule has 0 spiro atoms. The lowest BCUT2D eigenvalue weighted by Gasteiger charge is -2.22. The summed E-state index contributed by atoms with van der Waals surface area (Å²) < 4.78 is 0. The number of carbonyl (C=O) groups excluding carboxylic acids is 1. The number of hydrogen-bond acceptors (Lipinski definition) is 2. The van der Waals surface area contributed by atoms with Gasteiger partial charge in [-0.3, -0.25) is 4.79 Å². The number of nitrogens with one attached hydrogen (secondary N) is 1. The lowest BCUT2D eigenvalue weighted by Crippen LogP contribution is -2.30. The first-order chi connectivity index (χ1) is 14.3. The van der Waals surface area contributed by atoms with Crippen molar-refractivity contribution in [1.29, 1.82) is 0 Å². The van der Waals surface area contributed by atoms with Crippen molar-refractivity contribution in [3.05, 3.63) is 108 Å². The molecule has 1 N–H and O–H groups in total. The molecule has 0 saturated heterocycles. The van der Waals surface area contributed by atoms with Crippen molar-refractivity contribution in [2.24, 2.45) is 0 Å².